The van der Waals surface area contributed by atoms with Crippen LogP contribution in [0.25, 0.3) is 10.8 Å². The number of benzene rings is 4. The van der Waals surface area contributed by atoms with Gasteiger partial charge in [-0.25, -0.2) is 4.99 Å². The van der Waals surface area contributed by atoms with Gasteiger partial charge < -0.3 is 14.2 Å². The van der Waals surface area contributed by atoms with Crippen molar-refractivity contribution in [1.29, 1.82) is 0 Å². The first kappa shape index (κ1) is 26.2. The predicted molar refractivity (Wildman–Crippen MR) is 152 cm³/mol. The Hall–Kier alpha value is -4.45. The number of carbonyl (C=O) groups is 2. The van der Waals surface area contributed by atoms with E-state index in [9.17, 15) is 9.59 Å². The van der Waals surface area contributed by atoms with Crippen molar-refractivity contribution in [2.45, 2.75) is 26.7 Å². The monoisotopic (exact) mass is 521 g/mol. The first-order valence-corrected chi connectivity index (χ1v) is 13.2. The van der Waals surface area contributed by atoms with Crippen LogP contribution in [0.4, 0.5) is 5.69 Å². The second kappa shape index (κ2) is 11.1. The standard InChI is InChI=1S/C33H31NO5/c1-4-38-31(35)33(32(36)39-5-2)20-24-19-23-13-9-10-14-27(23)29(28(24)21-33)30(22-11-7-6-8-12-22)34-25-15-17-26(37-3)18-16-25/h6-19H,4-5,20-21H2,1-3H3. The number of nitrogens with zero attached hydrogens (tertiary/aromatic N) is 1. The third-order valence-electron chi connectivity index (χ3n) is 7.15. The Morgan fingerprint density at radius 2 is 1.46 bits per heavy atom. The molecule has 6 nitrogen and oxygen atoms in total. The summed E-state index contributed by atoms with van der Waals surface area (Å²) >= 11 is 0. The predicted octanol–water partition coefficient (Wildman–Crippen LogP) is 6.23. The third-order valence-corrected chi connectivity index (χ3v) is 7.15. The van der Waals surface area contributed by atoms with Crippen molar-refractivity contribution in [2.75, 3.05) is 20.3 Å². The quantitative estimate of drug-likeness (QED) is 0.156. The molecule has 0 N–H and O–H groups in total. The van der Waals surface area contributed by atoms with Gasteiger partial charge in [-0.05, 0) is 66.4 Å². The Kier molecular flexibility index (Phi) is 7.46. The summed E-state index contributed by atoms with van der Waals surface area (Å²) in [5.41, 5.74) is 3.74. The van der Waals surface area contributed by atoms with Gasteiger partial charge in [0, 0.05) is 17.5 Å². The molecule has 0 aliphatic heterocycles. The molecule has 0 heterocycles. The van der Waals surface area contributed by atoms with E-state index in [4.69, 9.17) is 19.2 Å². The number of esters is 2. The van der Waals surface area contributed by atoms with Crippen LogP contribution in [0.15, 0.2) is 89.9 Å². The number of aliphatic imine (C=N–C) groups is 1. The van der Waals surface area contributed by atoms with E-state index in [-0.39, 0.29) is 26.1 Å². The summed E-state index contributed by atoms with van der Waals surface area (Å²) in [6.45, 7) is 3.85. The molecule has 4 aromatic rings. The zero-order valence-electron chi connectivity index (χ0n) is 22.4. The minimum Gasteiger partial charge on any atom is -0.497 e. The van der Waals surface area contributed by atoms with Gasteiger partial charge in [-0.15, -0.1) is 0 Å². The molecule has 5 rings (SSSR count). The van der Waals surface area contributed by atoms with E-state index < -0.39 is 17.4 Å². The van der Waals surface area contributed by atoms with Crippen molar-refractivity contribution >= 4 is 34.1 Å². The van der Waals surface area contributed by atoms with E-state index in [0.29, 0.717) is 0 Å². The Labute approximate surface area is 228 Å². The van der Waals surface area contributed by atoms with Gasteiger partial charge in [0.25, 0.3) is 0 Å². The molecule has 4 aromatic carbocycles. The van der Waals surface area contributed by atoms with Crippen LogP contribution in [-0.2, 0) is 31.9 Å². The zero-order chi connectivity index (χ0) is 27.4. The molecular formula is C33H31NO5. The summed E-state index contributed by atoms with van der Waals surface area (Å²) in [5.74, 6) is -0.360. The molecule has 0 aromatic heterocycles. The number of ether oxygens (including phenoxy) is 3. The lowest BCUT2D eigenvalue weighted by molar-refractivity contribution is -0.171. The highest BCUT2D eigenvalue weighted by molar-refractivity contribution is 6.22. The lowest BCUT2D eigenvalue weighted by Gasteiger charge is -2.24. The fraction of sp³-hybridized carbons (Fsp3) is 0.242. The van der Waals surface area contributed by atoms with Crippen molar-refractivity contribution in [2.24, 2.45) is 10.4 Å². The van der Waals surface area contributed by atoms with Gasteiger partial charge in [-0.1, -0.05) is 60.7 Å². The molecule has 0 saturated heterocycles. The van der Waals surface area contributed by atoms with Crippen LogP contribution in [0, 0.1) is 5.41 Å². The van der Waals surface area contributed by atoms with Gasteiger partial charge in [0.15, 0.2) is 5.41 Å². The lowest BCUT2D eigenvalue weighted by Crippen LogP contribution is -2.43. The Bertz CT molecular complexity index is 1520. The molecule has 0 atom stereocenters. The topological polar surface area (TPSA) is 74.2 Å². The average molecular weight is 522 g/mol. The van der Waals surface area contributed by atoms with E-state index in [1.165, 1.54) is 0 Å². The molecule has 1 aliphatic carbocycles. The first-order valence-electron chi connectivity index (χ1n) is 13.2. The molecule has 0 radical (unpaired) electrons. The fourth-order valence-corrected chi connectivity index (χ4v) is 5.33. The fourth-order valence-electron chi connectivity index (χ4n) is 5.33. The summed E-state index contributed by atoms with van der Waals surface area (Å²) in [4.78, 5) is 31.9. The van der Waals surface area contributed by atoms with Crippen molar-refractivity contribution < 1.29 is 23.8 Å². The molecular weight excluding hydrogens is 490 g/mol. The van der Waals surface area contributed by atoms with Crippen molar-refractivity contribution in [3.63, 3.8) is 0 Å². The van der Waals surface area contributed by atoms with Crippen molar-refractivity contribution in [3.8, 4) is 5.75 Å². The lowest BCUT2D eigenvalue weighted by atomic mass is 9.84. The molecule has 0 saturated carbocycles. The number of hydrogen-bond donors (Lipinski definition) is 0. The number of fused-ring (bicyclic) bond motifs is 2. The molecule has 0 bridgehead atoms. The molecule has 198 valence electrons. The second-order valence-corrected chi connectivity index (χ2v) is 9.51. The molecule has 0 unspecified atom stereocenters. The van der Waals surface area contributed by atoms with Gasteiger partial charge in [-0.3, -0.25) is 9.59 Å². The van der Waals surface area contributed by atoms with E-state index >= 15 is 0 Å². The number of methoxy groups -OCH3 is 1. The number of carbonyl (C=O) groups excluding carboxylic acids is 2. The highest BCUT2D eigenvalue weighted by Crippen LogP contribution is 2.44. The van der Waals surface area contributed by atoms with E-state index in [0.717, 1.165) is 50.2 Å². The third kappa shape index (κ3) is 4.90. The van der Waals surface area contributed by atoms with Crippen LogP contribution in [0.1, 0.15) is 36.1 Å². The van der Waals surface area contributed by atoms with Crippen LogP contribution in [0.5, 0.6) is 5.75 Å². The molecule has 0 amide bonds. The van der Waals surface area contributed by atoms with Gasteiger partial charge in [0.1, 0.15) is 5.75 Å². The van der Waals surface area contributed by atoms with Gasteiger partial charge in [0.2, 0.25) is 0 Å². The maximum Gasteiger partial charge on any atom is 0.324 e. The Morgan fingerprint density at radius 3 is 2.10 bits per heavy atom. The van der Waals surface area contributed by atoms with Crippen LogP contribution >= 0.6 is 0 Å². The van der Waals surface area contributed by atoms with Crippen molar-refractivity contribution in [1.82, 2.24) is 0 Å². The maximum atomic E-state index is 13.4. The largest absolute Gasteiger partial charge is 0.497 e. The minimum absolute atomic E-state index is 0.175. The maximum absolute atomic E-state index is 13.4. The molecule has 1 aliphatic rings. The van der Waals surface area contributed by atoms with Crippen molar-refractivity contribution in [3.05, 3.63) is 107 Å². The SMILES string of the molecule is CCOC(=O)C1(C(=O)OCC)Cc2cc3ccccc3c(C(=Nc3ccc(OC)cc3)c3ccccc3)c2C1. The van der Waals surface area contributed by atoms with E-state index in [1.807, 2.05) is 72.8 Å². The summed E-state index contributed by atoms with van der Waals surface area (Å²) in [6.07, 6.45) is 0.386. The number of rotatable bonds is 8. The Morgan fingerprint density at radius 1 is 0.821 bits per heavy atom. The van der Waals surface area contributed by atoms with Gasteiger partial charge in [0.05, 0.1) is 31.7 Å². The smallest absolute Gasteiger partial charge is 0.324 e. The van der Waals surface area contributed by atoms with Gasteiger partial charge >= 0.3 is 11.9 Å². The normalized spacial score (nSPS) is 14.1. The summed E-state index contributed by atoms with van der Waals surface area (Å²) in [5, 5.41) is 2.00. The van der Waals surface area contributed by atoms with Crippen LogP contribution in [-0.4, -0.2) is 38.0 Å². The zero-order valence-corrected chi connectivity index (χ0v) is 22.4. The highest BCUT2D eigenvalue weighted by Gasteiger charge is 2.54. The van der Waals surface area contributed by atoms with E-state index in [2.05, 4.69) is 12.1 Å². The average Bonchev–Trinajstić information content (AvgIpc) is 3.36. The molecule has 6 heteroatoms. The second-order valence-electron chi connectivity index (χ2n) is 9.51. The summed E-state index contributed by atoms with van der Waals surface area (Å²) in [6, 6.07) is 27.7. The summed E-state index contributed by atoms with van der Waals surface area (Å²) in [7, 11) is 1.63. The van der Waals surface area contributed by atoms with Crippen LogP contribution < -0.4 is 4.74 Å². The molecule has 39 heavy (non-hydrogen) atoms. The molecule has 0 spiro atoms. The highest BCUT2D eigenvalue weighted by atomic mass is 16.6. The summed E-state index contributed by atoms with van der Waals surface area (Å²) < 4.78 is 16.2. The molecule has 0 fully saturated rings. The van der Waals surface area contributed by atoms with Gasteiger partial charge in [-0.2, -0.15) is 0 Å². The Balaban J connectivity index is 1.78. The number of hydrogen-bond acceptors (Lipinski definition) is 6. The van der Waals surface area contributed by atoms with E-state index in [1.54, 1.807) is 21.0 Å². The van der Waals surface area contributed by atoms with Crippen LogP contribution in [0.3, 0.4) is 0 Å². The minimum atomic E-state index is -1.44. The first-order chi connectivity index (χ1) is 19.0. The van der Waals surface area contributed by atoms with Crippen LogP contribution in [0.2, 0.25) is 0 Å².